The number of nitrogens with two attached hydrogens (primary N) is 2. The van der Waals surface area contributed by atoms with E-state index in [0.29, 0.717) is 16.9 Å². The molecule has 0 bridgehead atoms. The second-order valence-corrected chi connectivity index (χ2v) is 4.61. The SMILES string of the molecule is C=c1cc(-c2ccc(F)cc2)o/c1=C/C(N)=C(C)C.CN. The average Bonchev–Trinajstić information content (AvgIpc) is 2.83. The minimum atomic E-state index is -0.272. The molecule has 4 N–H and O–H groups in total. The molecule has 3 nitrogen and oxygen atoms in total. The van der Waals surface area contributed by atoms with E-state index in [9.17, 15) is 4.39 Å². The summed E-state index contributed by atoms with van der Waals surface area (Å²) < 4.78 is 18.6. The van der Waals surface area contributed by atoms with Crippen molar-refractivity contribution >= 4 is 12.7 Å². The molecule has 0 saturated carbocycles. The van der Waals surface area contributed by atoms with E-state index in [4.69, 9.17) is 10.2 Å². The van der Waals surface area contributed by atoms with E-state index in [0.717, 1.165) is 16.4 Å². The summed E-state index contributed by atoms with van der Waals surface area (Å²) in [6, 6.07) is 7.95. The Labute approximate surface area is 124 Å². The number of furan rings is 1. The van der Waals surface area contributed by atoms with Crippen molar-refractivity contribution in [1.29, 1.82) is 0 Å². The van der Waals surface area contributed by atoms with Crippen molar-refractivity contribution in [2.45, 2.75) is 13.8 Å². The van der Waals surface area contributed by atoms with Gasteiger partial charge in [-0.15, -0.1) is 0 Å². The van der Waals surface area contributed by atoms with Crippen molar-refractivity contribution in [1.82, 2.24) is 0 Å². The molecule has 0 aliphatic rings. The van der Waals surface area contributed by atoms with Gasteiger partial charge in [-0.3, -0.25) is 0 Å². The molecule has 0 amide bonds. The molecule has 1 heterocycles. The van der Waals surface area contributed by atoms with E-state index in [1.807, 2.05) is 19.9 Å². The van der Waals surface area contributed by atoms with Gasteiger partial charge in [0.1, 0.15) is 17.0 Å². The van der Waals surface area contributed by atoms with E-state index in [1.165, 1.54) is 19.2 Å². The molecule has 0 fully saturated rings. The third-order valence-corrected chi connectivity index (χ3v) is 2.83. The third-order valence-electron chi connectivity index (χ3n) is 2.83. The first kappa shape index (κ1) is 16.7. The zero-order chi connectivity index (χ0) is 16.0. The molecule has 21 heavy (non-hydrogen) atoms. The maximum atomic E-state index is 12.9. The van der Waals surface area contributed by atoms with E-state index in [-0.39, 0.29) is 5.82 Å². The summed E-state index contributed by atoms with van der Waals surface area (Å²) >= 11 is 0. The van der Waals surface area contributed by atoms with Crippen LogP contribution in [0.25, 0.3) is 24.0 Å². The number of hydrogen-bond acceptors (Lipinski definition) is 3. The number of rotatable bonds is 2. The Bertz CT molecular complexity index is 723. The molecule has 0 saturated heterocycles. The quantitative estimate of drug-likeness (QED) is 0.889. The van der Waals surface area contributed by atoms with Gasteiger partial charge in [-0.1, -0.05) is 12.2 Å². The monoisotopic (exact) mass is 288 g/mol. The van der Waals surface area contributed by atoms with Crippen LogP contribution in [-0.2, 0) is 0 Å². The molecule has 0 radical (unpaired) electrons. The first-order valence-electron chi connectivity index (χ1n) is 6.54. The van der Waals surface area contributed by atoms with Gasteiger partial charge >= 0.3 is 0 Å². The smallest absolute Gasteiger partial charge is 0.136 e. The van der Waals surface area contributed by atoms with E-state index >= 15 is 0 Å². The molecule has 2 aromatic rings. The lowest BCUT2D eigenvalue weighted by Gasteiger charge is -1.96. The van der Waals surface area contributed by atoms with Crippen LogP contribution in [0.1, 0.15) is 13.8 Å². The summed E-state index contributed by atoms with van der Waals surface area (Å²) in [5.74, 6) is 0.378. The van der Waals surface area contributed by atoms with Crippen LogP contribution < -0.4 is 22.1 Å². The molecule has 0 aliphatic heterocycles. The topological polar surface area (TPSA) is 65.2 Å². The Hall–Kier alpha value is -2.33. The normalized spacial score (nSPS) is 10.8. The summed E-state index contributed by atoms with van der Waals surface area (Å²) in [5, 5.41) is 0.753. The van der Waals surface area contributed by atoms with E-state index in [2.05, 4.69) is 12.3 Å². The van der Waals surface area contributed by atoms with Crippen molar-refractivity contribution < 1.29 is 8.81 Å². The van der Waals surface area contributed by atoms with Gasteiger partial charge in [0, 0.05) is 22.6 Å². The number of benzene rings is 1. The first-order chi connectivity index (χ1) is 9.97. The largest absolute Gasteiger partial charge is 0.456 e. The maximum absolute atomic E-state index is 12.9. The lowest BCUT2D eigenvalue weighted by molar-refractivity contribution is 0.545. The average molecular weight is 288 g/mol. The van der Waals surface area contributed by atoms with Gasteiger partial charge in [0.25, 0.3) is 0 Å². The van der Waals surface area contributed by atoms with Crippen molar-refractivity contribution in [3.8, 4) is 11.3 Å². The van der Waals surface area contributed by atoms with Crippen LogP contribution in [0.3, 0.4) is 0 Å². The summed E-state index contributed by atoms with van der Waals surface area (Å²) in [4.78, 5) is 0. The van der Waals surface area contributed by atoms with Crippen molar-refractivity contribution in [2.24, 2.45) is 11.5 Å². The molecule has 1 aromatic carbocycles. The van der Waals surface area contributed by atoms with E-state index < -0.39 is 0 Å². The zero-order valence-electron chi connectivity index (χ0n) is 12.6. The summed E-state index contributed by atoms with van der Waals surface area (Å²) in [7, 11) is 1.50. The highest BCUT2D eigenvalue weighted by atomic mass is 19.1. The highest BCUT2D eigenvalue weighted by molar-refractivity contribution is 5.58. The fraction of sp³-hybridized carbons (Fsp3) is 0.176. The number of hydrogen-bond donors (Lipinski definition) is 2. The van der Waals surface area contributed by atoms with Crippen LogP contribution in [0.4, 0.5) is 4.39 Å². The Balaban J connectivity index is 0.00000106. The lowest BCUT2D eigenvalue weighted by atomic mass is 10.2. The molecule has 0 spiro atoms. The standard InChI is InChI=1S/C16H16FNO.CH5N/c1-10(2)14(18)9-15-11(3)8-16(19-15)12-4-6-13(17)7-5-12;1-2/h4-9H,3,18H2,1-2H3;2H2,1H3/b15-9+;. The molecular weight excluding hydrogens is 267 g/mol. The molecule has 0 aliphatic carbocycles. The van der Waals surface area contributed by atoms with Crippen LogP contribution in [0.5, 0.6) is 0 Å². The van der Waals surface area contributed by atoms with Gasteiger partial charge in [0.2, 0.25) is 0 Å². The second-order valence-electron chi connectivity index (χ2n) is 4.61. The predicted molar refractivity (Wildman–Crippen MR) is 86.0 cm³/mol. The highest BCUT2D eigenvalue weighted by Crippen LogP contribution is 2.16. The van der Waals surface area contributed by atoms with Gasteiger partial charge in [-0.2, -0.15) is 0 Å². The van der Waals surface area contributed by atoms with Crippen LogP contribution in [-0.4, -0.2) is 7.05 Å². The van der Waals surface area contributed by atoms with Gasteiger partial charge < -0.3 is 15.9 Å². The van der Waals surface area contributed by atoms with Gasteiger partial charge in [0.05, 0.1) is 0 Å². The first-order valence-corrected chi connectivity index (χ1v) is 6.54. The predicted octanol–water partition coefficient (Wildman–Crippen LogP) is 2.10. The Morgan fingerprint density at radius 1 is 1.19 bits per heavy atom. The van der Waals surface area contributed by atoms with Gasteiger partial charge in [-0.05, 0) is 51.2 Å². The summed E-state index contributed by atoms with van der Waals surface area (Å²) in [6.45, 7) is 7.78. The Morgan fingerprint density at radius 2 is 1.76 bits per heavy atom. The fourth-order valence-corrected chi connectivity index (χ4v) is 1.61. The van der Waals surface area contributed by atoms with Crippen molar-refractivity contribution in [2.75, 3.05) is 7.05 Å². The van der Waals surface area contributed by atoms with Gasteiger partial charge in [-0.25, -0.2) is 4.39 Å². The van der Waals surface area contributed by atoms with Crippen molar-refractivity contribution in [3.05, 3.63) is 58.1 Å². The molecule has 2 rings (SSSR count). The summed E-state index contributed by atoms with van der Waals surface area (Å²) in [5.41, 5.74) is 13.5. The molecule has 0 unspecified atom stereocenters. The minimum Gasteiger partial charge on any atom is -0.456 e. The van der Waals surface area contributed by atoms with Crippen LogP contribution in [0, 0.1) is 5.82 Å². The highest BCUT2D eigenvalue weighted by Gasteiger charge is 2.03. The number of allylic oxidation sites excluding steroid dienone is 2. The molecule has 4 heteroatoms. The summed E-state index contributed by atoms with van der Waals surface area (Å²) in [6.07, 6.45) is 1.75. The van der Waals surface area contributed by atoms with Crippen LogP contribution in [0.15, 0.2) is 46.0 Å². The number of halogens is 1. The molecule has 112 valence electrons. The second kappa shape index (κ2) is 7.45. The molecule has 1 aromatic heterocycles. The van der Waals surface area contributed by atoms with Gasteiger partial charge in [0.15, 0.2) is 0 Å². The van der Waals surface area contributed by atoms with Crippen LogP contribution in [0.2, 0.25) is 0 Å². The molecular formula is C17H21FN2O. The third kappa shape index (κ3) is 4.33. The van der Waals surface area contributed by atoms with E-state index in [1.54, 1.807) is 18.2 Å². The Kier molecular flexibility index (Phi) is 5.93. The fourth-order valence-electron chi connectivity index (χ4n) is 1.61. The minimum absolute atomic E-state index is 0.272. The lowest BCUT2D eigenvalue weighted by Crippen LogP contribution is -2.18. The Morgan fingerprint density at radius 3 is 2.29 bits per heavy atom. The zero-order valence-corrected chi connectivity index (χ0v) is 12.6. The molecule has 0 atom stereocenters. The van der Waals surface area contributed by atoms with Crippen molar-refractivity contribution in [3.63, 3.8) is 0 Å². The van der Waals surface area contributed by atoms with Crippen LogP contribution >= 0.6 is 0 Å². The maximum Gasteiger partial charge on any atom is 0.136 e.